The molecule has 0 unspecified atom stereocenters. The molecule has 110 valence electrons. The summed E-state index contributed by atoms with van der Waals surface area (Å²) in [6, 6.07) is 1.71. The summed E-state index contributed by atoms with van der Waals surface area (Å²) < 4.78 is 27.9. The van der Waals surface area contributed by atoms with Gasteiger partial charge in [0, 0.05) is 18.0 Å². The van der Waals surface area contributed by atoms with Crippen LogP contribution in [0, 0.1) is 5.41 Å². The predicted molar refractivity (Wildman–Crippen MR) is 84.0 cm³/mol. The van der Waals surface area contributed by atoms with E-state index in [1.54, 1.807) is 6.07 Å². The van der Waals surface area contributed by atoms with Crippen molar-refractivity contribution in [3.05, 3.63) is 14.7 Å². The third-order valence-corrected chi connectivity index (χ3v) is 6.70. The van der Waals surface area contributed by atoms with Crippen LogP contribution in [0.15, 0.2) is 14.7 Å². The summed E-state index contributed by atoms with van der Waals surface area (Å²) in [6.07, 6.45) is 0.922. The lowest BCUT2D eigenvalue weighted by molar-refractivity contribution is 0.350. The molecule has 0 aromatic carbocycles. The van der Waals surface area contributed by atoms with Gasteiger partial charge < -0.3 is 5.32 Å². The van der Waals surface area contributed by atoms with Crippen molar-refractivity contribution in [1.29, 1.82) is 0 Å². The highest BCUT2D eigenvalue weighted by Crippen LogP contribution is 2.32. The molecule has 0 aliphatic carbocycles. The number of thiophene rings is 1. The van der Waals surface area contributed by atoms with Crippen LogP contribution in [0.3, 0.4) is 0 Å². The molecule has 0 aliphatic heterocycles. The highest BCUT2D eigenvalue weighted by Gasteiger charge is 2.24. The molecule has 1 heterocycles. The van der Waals surface area contributed by atoms with Crippen molar-refractivity contribution >= 4 is 37.3 Å². The predicted octanol–water partition coefficient (Wildman–Crippen LogP) is 2.94. The van der Waals surface area contributed by atoms with Gasteiger partial charge >= 0.3 is 0 Å². The molecule has 0 saturated heterocycles. The molecule has 1 rings (SSSR count). The second-order valence-electron chi connectivity index (χ2n) is 5.22. The molecule has 1 aromatic rings. The molecule has 7 heteroatoms. The van der Waals surface area contributed by atoms with Gasteiger partial charge in [-0.1, -0.05) is 20.8 Å². The van der Waals surface area contributed by atoms with Crippen molar-refractivity contribution in [1.82, 2.24) is 10.0 Å². The van der Waals surface area contributed by atoms with E-state index >= 15 is 0 Å². The monoisotopic (exact) mass is 368 g/mol. The molecule has 0 radical (unpaired) electrons. The van der Waals surface area contributed by atoms with E-state index in [1.165, 1.54) is 11.3 Å². The molecule has 1 aromatic heterocycles. The normalized spacial score (nSPS) is 12.9. The van der Waals surface area contributed by atoms with Crippen LogP contribution in [0.25, 0.3) is 0 Å². The van der Waals surface area contributed by atoms with E-state index in [0.29, 0.717) is 21.8 Å². The first kappa shape index (κ1) is 17.1. The van der Waals surface area contributed by atoms with Crippen LogP contribution in [0.1, 0.15) is 32.1 Å². The fourth-order valence-corrected chi connectivity index (χ4v) is 5.27. The van der Waals surface area contributed by atoms with Crippen LogP contribution in [0.5, 0.6) is 0 Å². The van der Waals surface area contributed by atoms with Crippen molar-refractivity contribution in [2.24, 2.45) is 5.41 Å². The van der Waals surface area contributed by atoms with Gasteiger partial charge in [0.1, 0.15) is 4.90 Å². The van der Waals surface area contributed by atoms with E-state index in [2.05, 4.69) is 32.9 Å². The number of halogens is 1. The van der Waals surface area contributed by atoms with Crippen molar-refractivity contribution in [3.63, 3.8) is 0 Å². The Morgan fingerprint density at radius 2 is 2.05 bits per heavy atom. The van der Waals surface area contributed by atoms with Crippen molar-refractivity contribution in [2.45, 2.75) is 38.6 Å². The SMILES string of the molecule is CCC(C)(C)CNS(=O)(=O)c1cc(CNC)sc1Br. The summed E-state index contributed by atoms with van der Waals surface area (Å²) in [5.41, 5.74) is -0.0383. The fraction of sp³-hybridized carbons (Fsp3) is 0.667. The van der Waals surface area contributed by atoms with Crippen molar-refractivity contribution < 1.29 is 8.42 Å². The zero-order valence-corrected chi connectivity index (χ0v) is 14.9. The Morgan fingerprint density at radius 3 is 2.58 bits per heavy atom. The molecule has 0 spiro atoms. The van der Waals surface area contributed by atoms with Gasteiger partial charge in [0.15, 0.2) is 0 Å². The van der Waals surface area contributed by atoms with Crippen LogP contribution in [0.4, 0.5) is 0 Å². The van der Waals surface area contributed by atoms with Crippen molar-refractivity contribution in [3.8, 4) is 0 Å². The maximum atomic E-state index is 12.3. The van der Waals surface area contributed by atoms with Crippen LogP contribution in [-0.2, 0) is 16.6 Å². The van der Waals surface area contributed by atoms with Crippen LogP contribution in [0.2, 0.25) is 0 Å². The zero-order valence-electron chi connectivity index (χ0n) is 11.7. The minimum atomic E-state index is -3.45. The first-order valence-corrected chi connectivity index (χ1v) is 9.23. The molecule has 0 aliphatic rings. The topological polar surface area (TPSA) is 58.2 Å². The van der Waals surface area contributed by atoms with Gasteiger partial charge in [-0.15, -0.1) is 11.3 Å². The highest BCUT2D eigenvalue weighted by molar-refractivity contribution is 9.11. The van der Waals surface area contributed by atoms with E-state index in [4.69, 9.17) is 0 Å². The van der Waals surface area contributed by atoms with E-state index in [-0.39, 0.29) is 5.41 Å². The Morgan fingerprint density at radius 1 is 1.42 bits per heavy atom. The maximum absolute atomic E-state index is 12.3. The summed E-state index contributed by atoms with van der Waals surface area (Å²) in [4.78, 5) is 1.32. The summed E-state index contributed by atoms with van der Waals surface area (Å²) in [5, 5.41) is 3.02. The molecular weight excluding hydrogens is 348 g/mol. The van der Waals surface area contributed by atoms with E-state index < -0.39 is 10.0 Å². The Labute approximate surface area is 128 Å². The van der Waals surface area contributed by atoms with Gasteiger partial charge in [0.2, 0.25) is 10.0 Å². The zero-order chi connectivity index (χ0) is 14.7. The first-order valence-electron chi connectivity index (χ1n) is 6.14. The smallest absolute Gasteiger partial charge is 0.242 e. The van der Waals surface area contributed by atoms with E-state index in [9.17, 15) is 8.42 Å². The highest BCUT2D eigenvalue weighted by atomic mass is 79.9. The summed E-state index contributed by atoms with van der Waals surface area (Å²) in [6.45, 7) is 7.25. The summed E-state index contributed by atoms with van der Waals surface area (Å²) >= 11 is 4.77. The maximum Gasteiger partial charge on any atom is 0.242 e. The third kappa shape index (κ3) is 4.82. The lowest BCUT2D eigenvalue weighted by Gasteiger charge is -2.22. The van der Waals surface area contributed by atoms with Gasteiger partial charge in [-0.3, -0.25) is 0 Å². The molecule has 0 atom stereocenters. The molecule has 0 saturated carbocycles. The van der Waals surface area contributed by atoms with Gasteiger partial charge in [0.25, 0.3) is 0 Å². The van der Waals surface area contributed by atoms with Crippen LogP contribution in [-0.4, -0.2) is 22.0 Å². The molecular formula is C12H21BrN2O2S2. The molecule has 2 N–H and O–H groups in total. The largest absolute Gasteiger partial charge is 0.315 e. The molecule has 0 bridgehead atoms. The Bertz CT molecular complexity index is 524. The Hall–Kier alpha value is 0.0500. The number of sulfonamides is 1. The number of hydrogen-bond donors (Lipinski definition) is 2. The van der Waals surface area contributed by atoms with Gasteiger partial charge in [-0.25, -0.2) is 13.1 Å². The summed E-state index contributed by atoms with van der Waals surface area (Å²) in [5.74, 6) is 0. The van der Waals surface area contributed by atoms with E-state index in [0.717, 1.165) is 11.3 Å². The minimum Gasteiger partial charge on any atom is -0.315 e. The molecule has 0 amide bonds. The molecule has 4 nitrogen and oxygen atoms in total. The molecule has 19 heavy (non-hydrogen) atoms. The Balaban J connectivity index is 2.88. The standard InChI is InChI=1S/C12H21BrN2O2S2/c1-5-12(2,3)8-15-19(16,17)10-6-9(7-14-4)18-11(10)13/h6,14-15H,5,7-8H2,1-4H3. The lowest BCUT2D eigenvalue weighted by Crippen LogP contribution is -2.33. The number of rotatable bonds is 7. The second kappa shape index (κ2) is 6.67. The van der Waals surface area contributed by atoms with Crippen LogP contribution < -0.4 is 10.0 Å². The average molecular weight is 369 g/mol. The second-order valence-corrected chi connectivity index (χ2v) is 9.41. The molecule has 0 fully saturated rings. The number of hydrogen-bond acceptors (Lipinski definition) is 4. The van der Waals surface area contributed by atoms with Gasteiger partial charge in [-0.05, 0) is 40.9 Å². The van der Waals surface area contributed by atoms with Crippen molar-refractivity contribution in [2.75, 3.05) is 13.6 Å². The lowest BCUT2D eigenvalue weighted by atomic mass is 9.91. The minimum absolute atomic E-state index is 0.0383. The summed E-state index contributed by atoms with van der Waals surface area (Å²) in [7, 11) is -1.61. The Kier molecular flexibility index (Phi) is 6.00. The average Bonchev–Trinajstić information content (AvgIpc) is 2.70. The fourth-order valence-electron chi connectivity index (χ4n) is 1.34. The van der Waals surface area contributed by atoms with Crippen LogP contribution >= 0.6 is 27.3 Å². The van der Waals surface area contributed by atoms with E-state index in [1.807, 2.05) is 20.9 Å². The van der Waals surface area contributed by atoms with Gasteiger partial charge in [0.05, 0.1) is 3.79 Å². The third-order valence-electron chi connectivity index (χ3n) is 3.04. The quantitative estimate of drug-likeness (QED) is 0.777. The number of nitrogens with one attached hydrogen (secondary N) is 2. The first-order chi connectivity index (χ1) is 8.72. The van der Waals surface area contributed by atoms with Gasteiger partial charge in [-0.2, -0.15) is 0 Å².